The predicted octanol–water partition coefficient (Wildman–Crippen LogP) is 4.40. The second kappa shape index (κ2) is 5.78. The van der Waals surface area contributed by atoms with Crippen LogP contribution in [0.25, 0.3) is 32.5 Å². The smallest absolute Gasteiger partial charge is 0.121 e. The molecule has 112 valence electrons. The number of benzene rings is 2. The Morgan fingerprint density at radius 1 is 1.04 bits per heavy atom. The van der Waals surface area contributed by atoms with Gasteiger partial charge < -0.3 is 0 Å². The van der Waals surface area contributed by atoms with Gasteiger partial charge in [0, 0.05) is 34.5 Å². The van der Waals surface area contributed by atoms with E-state index in [1.54, 1.807) is 24.6 Å². The van der Waals surface area contributed by atoms with Crippen LogP contribution in [0.15, 0.2) is 58.9 Å². The van der Waals surface area contributed by atoms with Gasteiger partial charge in [0.15, 0.2) is 0 Å². The standard InChI is InChI=1S/C18H14N4S/c1-19-10-16-18(21-22-20-16)13-8-6-12(7-9-13)15-11-23-17-5-3-2-4-14(15)17/h2-11H,1H3,(H,20,21,22)/b19-10+. The molecule has 0 bridgehead atoms. The summed E-state index contributed by atoms with van der Waals surface area (Å²) in [7, 11) is 1.73. The second-order valence-electron chi connectivity index (χ2n) is 5.18. The fourth-order valence-corrected chi connectivity index (χ4v) is 3.65. The molecule has 0 amide bonds. The minimum atomic E-state index is 0.817. The van der Waals surface area contributed by atoms with E-state index < -0.39 is 0 Å². The summed E-state index contributed by atoms with van der Waals surface area (Å²) < 4.78 is 1.31. The number of hydrogen-bond donors (Lipinski definition) is 1. The van der Waals surface area contributed by atoms with E-state index in [2.05, 4.69) is 74.3 Å². The number of aliphatic imine (C=N–C) groups is 1. The Morgan fingerprint density at radius 3 is 2.65 bits per heavy atom. The molecule has 2 aromatic carbocycles. The molecule has 0 unspecified atom stereocenters. The number of aromatic amines is 1. The van der Waals surface area contributed by atoms with E-state index >= 15 is 0 Å². The molecule has 0 aliphatic heterocycles. The van der Waals surface area contributed by atoms with Crippen LogP contribution in [0.3, 0.4) is 0 Å². The zero-order chi connectivity index (χ0) is 15.6. The summed E-state index contributed by atoms with van der Waals surface area (Å²) in [5.74, 6) is 0. The highest BCUT2D eigenvalue weighted by Crippen LogP contribution is 2.34. The largest absolute Gasteiger partial charge is 0.294 e. The van der Waals surface area contributed by atoms with Gasteiger partial charge in [0.25, 0.3) is 0 Å². The van der Waals surface area contributed by atoms with E-state index in [0.29, 0.717) is 0 Å². The molecule has 0 saturated heterocycles. The summed E-state index contributed by atoms with van der Waals surface area (Å²) >= 11 is 1.78. The SMILES string of the molecule is C/N=C/c1[nH]nnc1-c1ccc(-c2csc3ccccc23)cc1. The number of hydrogen-bond acceptors (Lipinski definition) is 4. The van der Waals surface area contributed by atoms with E-state index in [1.807, 2.05) is 0 Å². The van der Waals surface area contributed by atoms with Crippen LogP contribution in [0, 0.1) is 0 Å². The highest BCUT2D eigenvalue weighted by atomic mass is 32.1. The van der Waals surface area contributed by atoms with Gasteiger partial charge in [0.2, 0.25) is 0 Å². The van der Waals surface area contributed by atoms with Crippen LogP contribution in [0.2, 0.25) is 0 Å². The first kappa shape index (κ1) is 13.8. The maximum Gasteiger partial charge on any atom is 0.121 e. The van der Waals surface area contributed by atoms with Crippen molar-refractivity contribution in [2.75, 3.05) is 7.05 Å². The average Bonchev–Trinajstić information content (AvgIpc) is 3.22. The Bertz CT molecular complexity index is 980. The third kappa shape index (κ3) is 2.45. The van der Waals surface area contributed by atoms with E-state index in [9.17, 15) is 0 Å². The van der Waals surface area contributed by atoms with Gasteiger partial charge in [-0.1, -0.05) is 47.7 Å². The molecule has 0 saturated carbocycles. The lowest BCUT2D eigenvalue weighted by Gasteiger charge is -2.02. The van der Waals surface area contributed by atoms with Gasteiger partial charge in [-0.15, -0.1) is 16.4 Å². The summed E-state index contributed by atoms with van der Waals surface area (Å²) in [4.78, 5) is 4.02. The lowest BCUT2D eigenvalue weighted by Crippen LogP contribution is -1.87. The monoisotopic (exact) mass is 318 g/mol. The molecule has 5 heteroatoms. The van der Waals surface area contributed by atoms with Crippen molar-refractivity contribution in [2.45, 2.75) is 0 Å². The van der Waals surface area contributed by atoms with Crippen LogP contribution < -0.4 is 0 Å². The highest BCUT2D eigenvalue weighted by molar-refractivity contribution is 7.17. The Labute approximate surface area is 137 Å². The van der Waals surface area contributed by atoms with Gasteiger partial charge in [-0.05, 0) is 17.0 Å². The first-order valence-electron chi connectivity index (χ1n) is 7.27. The summed E-state index contributed by atoms with van der Waals surface area (Å²) in [6.07, 6.45) is 1.73. The van der Waals surface area contributed by atoms with Crippen LogP contribution in [0.1, 0.15) is 5.69 Å². The lowest BCUT2D eigenvalue weighted by atomic mass is 10.0. The number of nitrogens with one attached hydrogen (secondary N) is 1. The number of aromatic nitrogens is 3. The third-order valence-electron chi connectivity index (χ3n) is 3.78. The molecular weight excluding hydrogens is 304 g/mol. The van der Waals surface area contributed by atoms with Gasteiger partial charge in [-0.25, -0.2) is 0 Å². The van der Waals surface area contributed by atoms with Crippen LogP contribution in [0.5, 0.6) is 0 Å². The fraction of sp³-hybridized carbons (Fsp3) is 0.0556. The molecule has 0 aliphatic carbocycles. The number of thiophene rings is 1. The number of H-pyrrole nitrogens is 1. The predicted molar refractivity (Wildman–Crippen MR) is 96.2 cm³/mol. The topological polar surface area (TPSA) is 53.9 Å². The molecule has 2 heterocycles. The Kier molecular flexibility index (Phi) is 3.48. The van der Waals surface area contributed by atoms with Crippen molar-refractivity contribution < 1.29 is 0 Å². The van der Waals surface area contributed by atoms with Crippen LogP contribution in [-0.2, 0) is 0 Å². The van der Waals surface area contributed by atoms with E-state index in [0.717, 1.165) is 17.0 Å². The molecular formula is C18H14N4S. The van der Waals surface area contributed by atoms with Crippen LogP contribution in [-0.4, -0.2) is 28.7 Å². The average molecular weight is 318 g/mol. The van der Waals surface area contributed by atoms with E-state index in [1.165, 1.54) is 21.2 Å². The molecule has 0 atom stereocenters. The maximum absolute atomic E-state index is 4.15. The maximum atomic E-state index is 4.15. The molecule has 23 heavy (non-hydrogen) atoms. The van der Waals surface area contributed by atoms with E-state index in [4.69, 9.17) is 0 Å². The fourth-order valence-electron chi connectivity index (χ4n) is 2.68. The van der Waals surface area contributed by atoms with Crippen molar-refractivity contribution in [2.24, 2.45) is 4.99 Å². The Hall–Kier alpha value is -2.79. The lowest BCUT2D eigenvalue weighted by molar-refractivity contribution is 0.940. The van der Waals surface area contributed by atoms with Crippen LogP contribution >= 0.6 is 11.3 Å². The van der Waals surface area contributed by atoms with Crippen molar-refractivity contribution in [1.29, 1.82) is 0 Å². The molecule has 1 N–H and O–H groups in total. The molecule has 0 fully saturated rings. The zero-order valence-electron chi connectivity index (χ0n) is 12.5. The van der Waals surface area contributed by atoms with Crippen molar-refractivity contribution in [3.63, 3.8) is 0 Å². The van der Waals surface area contributed by atoms with Crippen molar-refractivity contribution in [3.8, 4) is 22.4 Å². The van der Waals surface area contributed by atoms with Crippen molar-refractivity contribution >= 4 is 27.6 Å². The molecule has 4 aromatic rings. The molecule has 0 spiro atoms. The molecule has 0 radical (unpaired) electrons. The summed E-state index contributed by atoms with van der Waals surface area (Å²) in [5.41, 5.74) is 5.14. The molecule has 2 aromatic heterocycles. The van der Waals surface area contributed by atoms with Crippen LogP contribution in [0.4, 0.5) is 0 Å². The minimum Gasteiger partial charge on any atom is -0.294 e. The second-order valence-corrected chi connectivity index (χ2v) is 6.10. The first-order valence-corrected chi connectivity index (χ1v) is 8.15. The van der Waals surface area contributed by atoms with Gasteiger partial charge in [0.05, 0.1) is 0 Å². The van der Waals surface area contributed by atoms with Gasteiger partial charge in [0.1, 0.15) is 11.4 Å². The number of rotatable bonds is 3. The van der Waals surface area contributed by atoms with Gasteiger partial charge in [-0.2, -0.15) is 0 Å². The zero-order valence-corrected chi connectivity index (χ0v) is 13.3. The minimum absolute atomic E-state index is 0.817. The van der Waals surface area contributed by atoms with E-state index in [-0.39, 0.29) is 0 Å². The summed E-state index contributed by atoms with van der Waals surface area (Å²) in [6, 6.07) is 16.9. The molecule has 0 aliphatic rings. The number of fused-ring (bicyclic) bond motifs is 1. The third-order valence-corrected chi connectivity index (χ3v) is 4.75. The van der Waals surface area contributed by atoms with Gasteiger partial charge >= 0.3 is 0 Å². The van der Waals surface area contributed by atoms with Gasteiger partial charge in [-0.3, -0.25) is 10.1 Å². The van der Waals surface area contributed by atoms with Crippen molar-refractivity contribution in [3.05, 3.63) is 59.6 Å². The molecule has 4 rings (SSSR count). The highest BCUT2D eigenvalue weighted by Gasteiger charge is 2.10. The number of nitrogens with zero attached hydrogens (tertiary/aromatic N) is 3. The Balaban J connectivity index is 1.75. The Morgan fingerprint density at radius 2 is 1.83 bits per heavy atom. The molecule has 4 nitrogen and oxygen atoms in total. The van der Waals surface area contributed by atoms with Crippen molar-refractivity contribution in [1.82, 2.24) is 15.4 Å². The summed E-state index contributed by atoms with van der Waals surface area (Å²) in [5, 5.41) is 14.4. The summed E-state index contributed by atoms with van der Waals surface area (Å²) in [6.45, 7) is 0. The quantitative estimate of drug-likeness (QED) is 0.569. The normalized spacial score (nSPS) is 11.5. The first-order chi connectivity index (χ1) is 11.4.